The van der Waals surface area contributed by atoms with Crippen LogP contribution in [0.2, 0.25) is 0 Å². The van der Waals surface area contributed by atoms with Gasteiger partial charge in [0.1, 0.15) is 5.82 Å². The standard InChI is InChI=1S/C50H36N2/c1-33-20-21-38-31-40(23-22-37(38)30-33)49-43-17-9-8-16-42(43)48(35-12-4-2-5-13-35)45-32-39(26-29-44(45)49)34-24-27-41(28-25-34)52-47-19-11-10-18-46(47)51-50(52)36-14-6-3-7-15-36/h2-7,10-32H,8-9H2,1H3. The van der Waals surface area contributed by atoms with Gasteiger partial charge in [-0.05, 0) is 122 Å². The summed E-state index contributed by atoms with van der Waals surface area (Å²) in [5.74, 6) is 0.946. The second-order valence-electron chi connectivity index (χ2n) is 13.9. The molecule has 8 aromatic carbocycles. The van der Waals surface area contributed by atoms with E-state index in [1.54, 1.807) is 0 Å². The average molecular weight is 665 g/mol. The predicted molar refractivity (Wildman–Crippen MR) is 220 cm³/mol. The Hall–Kier alpha value is -6.51. The predicted octanol–water partition coefficient (Wildman–Crippen LogP) is 11.7. The van der Waals surface area contributed by atoms with Crippen LogP contribution in [-0.2, 0) is 0 Å². The minimum atomic E-state index is 0.946. The molecule has 1 aliphatic rings. The van der Waals surface area contributed by atoms with Crippen molar-refractivity contribution in [3.63, 3.8) is 0 Å². The molecule has 2 nitrogen and oxygen atoms in total. The van der Waals surface area contributed by atoms with Gasteiger partial charge in [0.15, 0.2) is 0 Å². The summed E-state index contributed by atoms with van der Waals surface area (Å²) < 4.78 is 2.28. The maximum atomic E-state index is 5.06. The molecule has 1 aromatic heterocycles. The number of hydrogen-bond donors (Lipinski definition) is 0. The first-order valence-electron chi connectivity index (χ1n) is 18.2. The molecule has 52 heavy (non-hydrogen) atoms. The molecule has 0 unspecified atom stereocenters. The zero-order chi connectivity index (χ0) is 34.6. The lowest BCUT2D eigenvalue weighted by atomic mass is 9.85. The van der Waals surface area contributed by atoms with Gasteiger partial charge in [-0.15, -0.1) is 0 Å². The molecular formula is C50H36N2. The first kappa shape index (κ1) is 30.3. The summed E-state index contributed by atoms with van der Waals surface area (Å²) in [7, 11) is 0. The Labute approximate surface area is 303 Å². The summed E-state index contributed by atoms with van der Waals surface area (Å²) in [5.41, 5.74) is 13.1. The van der Waals surface area contributed by atoms with Crippen LogP contribution in [-0.4, -0.2) is 9.55 Å². The van der Waals surface area contributed by atoms with E-state index in [2.05, 4.69) is 187 Å². The Kier molecular flexibility index (Phi) is 7.21. The number of fused-ring (bicyclic) bond motifs is 4. The third-order valence-corrected chi connectivity index (χ3v) is 10.6. The van der Waals surface area contributed by atoms with Crippen LogP contribution in [0.1, 0.15) is 18.4 Å². The maximum absolute atomic E-state index is 5.06. The summed E-state index contributed by atoms with van der Waals surface area (Å²) in [6, 6.07) is 59.6. The fourth-order valence-electron chi connectivity index (χ4n) is 8.21. The van der Waals surface area contributed by atoms with Crippen LogP contribution >= 0.6 is 0 Å². The van der Waals surface area contributed by atoms with E-state index in [1.807, 2.05) is 0 Å². The molecule has 0 aliphatic heterocycles. The highest BCUT2D eigenvalue weighted by atomic mass is 15.1. The van der Waals surface area contributed by atoms with E-state index in [0.29, 0.717) is 0 Å². The fourth-order valence-corrected chi connectivity index (χ4v) is 8.21. The highest BCUT2D eigenvalue weighted by molar-refractivity contribution is 6.08. The molecule has 246 valence electrons. The van der Waals surface area contributed by atoms with Crippen LogP contribution < -0.4 is 10.4 Å². The van der Waals surface area contributed by atoms with Gasteiger partial charge in [0, 0.05) is 11.3 Å². The monoisotopic (exact) mass is 664 g/mol. The number of aromatic nitrogens is 2. The van der Waals surface area contributed by atoms with Gasteiger partial charge in [0.25, 0.3) is 0 Å². The zero-order valence-electron chi connectivity index (χ0n) is 29.1. The lowest BCUT2D eigenvalue weighted by Gasteiger charge is -2.19. The lowest BCUT2D eigenvalue weighted by Crippen LogP contribution is -2.31. The van der Waals surface area contributed by atoms with Crippen LogP contribution in [0, 0.1) is 6.92 Å². The minimum Gasteiger partial charge on any atom is -0.292 e. The molecule has 1 aliphatic carbocycles. The van der Waals surface area contributed by atoms with Crippen molar-refractivity contribution in [3.8, 4) is 50.5 Å². The molecule has 1 heterocycles. The summed E-state index contributed by atoms with van der Waals surface area (Å²) in [4.78, 5) is 5.06. The molecule has 0 amide bonds. The van der Waals surface area contributed by atoms with Crippen molar-refractivity contribution in [2.24, 2.45) is 0 Å². The Morgan fingerprint density at radius 1 is 0.462 bits per heavy atom. The normalized spacial score (nSPS) is 12.5. The molecule has 0 saturated heterocycles. The van der Waals surface area contributed by atoms with Gasteiger partial charge < -0.3 is 0 Å². The van der Waals surface area contributed by atoms with Crippen molar-refractivity contribution >= 4 is 44.7 Å². The smallest absolute Gasteiger partial charge is 0.145 e. The fraction of sp³-hybridized carbons (Fsp3) is 0.0600. The lowest BCUT2D eigenvalue weighted by molar-refractivity contribution is 1.10. The van der Waals surface area contributed by atoms with Gasteiger partial charge in [-0.2, -0.15) is 0 Å². The average Bonchev–Trinajstić information content (AvgIpc) is 3.60. The molecule has 0 saturated carbocycles. The summed E-state index contributed by atoms with van der Waals surface area (Å²) in [6.45, 7) is 2.16. The molecule has 0 N–H and O–H groups in total. The number of para-hydroxylation sites is 2. The Morgan fingerprint density at radius 3 is 1.85 bits per heavy atom. The number of imidazole rings is 1. The van der Waals surface area contributed by atoms with Gasteiger partial charge >= 0.3 is 0 Å². The van der Waals surface area contributed by atoms with Crippen molar-refractivity contribution in [2.45, 2.75) is 19.8 Å². The number of nitrogens with zero attached hydrogens (tertiary/aromatic N) is 2. The van der Waals surface area contributed by atoms with E-state index in [9.17, 15) is 0 Å². The zero-order valence-corrected chi connectivity index (χ0v) is 29.1. The molecule has 0 atom stereocenters. The van der Waals surface area contributed by atoms with Crippen LogP contribution in [0.3, 0.4) is 0 Å². The molecule has 9 aromatic rings. The summed E-state index contributed by atoms with van der Waals surface area (Å²) in [6.07, 6.45) is 7.03. The van der Waals surface area contributed by atoms with Gasteiger partial charge in [0.05, 0.1) is 11.0 Å². The Bertz CT molecular complexity index is 2930. The summed E-state index contributed by atoms with van der Waals surface area (Å²) in [5, 5.41) is 7.82. The van der Waals surface area contributed by atoms with E-state index in [0.717, 1.165) is 41.0 Å². The third-order valence-electron chi connectivity index (χ3n) is 10.6. The quantitative estimate of drug-likeness (QED) is 0.179. The molecule has 0 fully saturated rings. The highest BCUT2D eigenvalue weighted by Gasteiger charge is 2.18. The van der Waals surface area contributed by atoms with Crippen molar-refractivity contribution in [3.05, 3.63) is 180 Å². The number of hydrogen-bond acceptors (Lipinski definition) is 1. The first-order valence-corrected chi connectivity index (χ1v) is 18.2. The first-order chi connectivity index (χ1) is 25.7. The molecular weight excluding hydrogens is 629 g/mol. The molecule has 0 spiro atoms. The van der Waals surface area contributed by atoms with E-state index >= 15 is 0 Å². The van der Waals surface area contributed by atoms with Crippen molar-refractivity contribution in [1.82, 2.24) is 9.55 Å². The molecule has 0 radical (unpaired) electrons. The van der Waals surface area contributed by atoms with Crippen molar-refractivity contribution < 1.29 is 0 Å². The molecule has 2 heteroatoms. The van der Waals surface area contributed by atoms with Gasteiger partial charge in [-0.3, -0.25) is 4.57 Å². The topological polar surface area (TPSA) is 17.8 Å². The minimum absolute atomic E-state index is 0.946. The van der Waals surface area contributed by atoms with Crippen molar-refractivity contribution in [2.75, 3.05) is 0 Å². The van der Waals surface area contributed by atoms with Crippen LogP contribution in [0.15, 0.2) is 164 Å². The number of aryl methyl sites for hydroxylation is 1. The van der Waals surface area contributed by atoms with E-state index < -0.39 is 0 Å². The van der Waals surface area contributed by atoms with E-state index in [-0.39, 0.29) is 0 Å². The third kappa shape index (κ3) is 5.07. The second kappa shape index (κ2) is 12.4. The summed E-state index contributed by atoms with van der Waals surface area (Å²) >= 11 is 0. The van der Waals surface area contributed by atoms with Gasteiger partial charge in [-0.1, -0.05) is 145 Å². The SMILES string of the molecule is Cc1ccc2cc(-c3c4c(c(-c5ccccc5)c5cc(-c6ccc(-n7c(-c8ccccc8)nc8ccccc87)cc6)ccc35)=CCCC=4)ccc2c1. The number of rotatable bonds is 5. The maximum Gasteiger partial charge on any atom is 0.145 e. The Balaban J connectivity index is 1.17. The van der Waals surface area contributed by atoms with Crippen LogP contribution in [0.25, 0.3) is 95.2 Å². The van der Waals surface area contributed by atoms with Gasteiger partial charge in [0.2, 0.25) is 0 Å². The second-order valence-corrected chi connectivity index (χ2v) is 13.9. The van der Waals surface area contributed by atoms with Gasteiger partial charge in [-0.25, -0.2) is 4.98 Å². The molecule has 0 bridgehead atoms. The van der Waals surface area contributed by atoms with Crippen LogP contribution in [0.5, 0.6) is 0 Å². The largest absolute Gasteiger partial charge is 0.292 e. The van der Waals surface area contributed by atoms with E-state index in [1.165, 1.54) is 70.9 Å². The number of benzene rings is 8. The van der Waals surface area contributed by atoms with E-state index in [4.69, 9.17) is 4.98 Å². The Morgan fingerprint density at radius 2 is 1.08 bits per heavy atom. The molecule has 10 rings (SSSR count). The van der Waals surface area contributed by atoms with Crippen molar-refractivity contribution in [1.29, 1.82) is 0 Å². The van der Waals surface area contributed by atoms with Crippen LogP contribution in [0.4, 0.5) is 0 Å². The highest BCUT2D eigenvalue weighted by Crippen LogP contribution is 2.37.